The van der Waals surface area contributed by atoms with Gasteiger partial charge in [-0.15, -0.1) is 11.3 Å². The number of carbonyl (C=O) groups excluding carboxylic acids is 2. The van der Waals surface area contributed by atoms with E-state index < -0.39 is 0 Å². The molecule has 4 atom stereocenters. The number of hydrogen-bond donors (Lipinski definition) is 2. The van der Waals surface area contributed by atoms with E-state index in [4.69, 9.17) is 0 Å². The molecule has 2 amide bonds. The Labute approximate surface area is 322 Å². The molecule has 2 aromatic carbocycles. The maximum absolute atomic E-state index is 13.3. The molecule has 4 fully saturated rings. The fourth-order valence-corrected chi connectivity index (χ4v) is 10.4. The first kappa shape index (κ1) is 33.7. The zero-order valence-electron chi connectivity index (χ0n) is 30.4. The molecule has 278 valence electrons. The number of anilines is 2. The molecule has 7 aromatic rings. The predicted octanol–water partition coefficient (Wildman–Crippen LogP) is 6.44. The van der Waals surface area contributed by atoms with Crippen LogP contribution in [-0.2, 0) is 11.2 Å². The van der Waals surface area contributed by atoms with E-state index in [2.05, 4.69) is 73.8 Å². The number of carbonyl (C=O) groups is 2. The molecule has 55 heavy (non-hydrogen) atoms. The standard InChI is InChI=1S/C21H19N5OS.C21H23N5O/c27-21(18-9-13-3-1-2-4-17(13)28-18)26-14-5-6-15(26)11-25(10-14)20-16-7-8-22-19(16)23-12-24-20;27-19(9-6-15-4-2-1-3-5-15)26-16-7-8-17(26)13-25(12-16)21-18-10-11-22-20(18)23-14-24-21/h1-4,7-9,12,14-15H,5-6,10-11H2,(H,22,23,24);1-5,10-11,14,16-17H,6-9,12-13H2,(H,22,23,24). The van der Waals surface area contributed by atoms with Crippen LogP contribution in [0.4, 0.5) is 11.6 Å². The highest BCUT2D eigenvalue weighted by Gasteiger charge is 2.44. The maximum atomic E-state index is 13.3. The number of benzene rings is 2. The lowest BCUT2D eigenvalue weighted by atomic mass is 10.1. The molecule has 4 unspecified atom stereocenters. The SMILES string of the molecule is O=C(CCc1ccccc1)N1C2CCC1CN(c1ncnc3[nH]ccc13)C2.O=C(c1cc2ccccc2s1)N1C2CCC1CN(c1ncnc3[nH]ccc13)C2. The second-order valence-corrected chi connectivity index (χ2v) is 16.2. The Morgan fingerprint density at radius 1 is 0.655 bits per heavy atom. The Morgan fingerprint density at radius 3 is 1.78 bits per heavy atom. The van der Waals surface area contributed by atoms with E-state index in [0.29, 0.717) is 12.3 Å². The Balaban J connectivity index is 0.000000136. The summed E-state index contributed by atoms with van der Waals surface area (Å²) >= 11 is 1.60. The molecular weight excluding hydrogens is 709 g/mol. The first-order valence-electron chi connectivity index (χ1n) is 19.3. The number of fused-ring (bicyclic) bond motifs is 7. The Kier molecular flexibility index (Phi) is 8.65. The maximum Gasteiger partial charge on any atom is 0.264 e. The van der Waals surface area contributed by atoms with Crippen LogP contribution in [0.3, 0.4) is 0 Å². The number of thiophene rings is 1. The van der Waals surface area contributed by atoms with Gasteiger partial charge in [0, 0.05) is 61.8 Å². The van der Waals surface area contributed by atoms with Gasteiger partial charge < -0.3 is 29.6 Å². The lowest BCUT2D eigenvalue weighted by Gasteiger charge is -2.41. The Hall–Kier alpha value is -5.82. The number of piperazine rings is 2. The third-order valence-electron chi connectivity index (χ3n) is 11.9. The number of aromatic amines is 2. The van der Waals surface area contributed by atoms with Crippen LogP contribution >= 0.6 is 11.3 Å². The quantitative estimate of drug-likeness (QED) is 0.199. The van der Waals surface area contributed by atoms with E-state index in [-0.39, 0.29) is 30.1 Å². The monoisotopic (exact) mass is 750 g/mol. The third-order valence-corrected chi connectivity index (χ3v) is 13.0. The number of hydrogen-bond acceptors (Lipinski definition) is 9. The van der Waals surface area contributed by atoms with Gasteiger partial charge in [0.15, 0.2) is 0 Å². The van der Waals surface area contributed by atoms with Crippen LogP contribution in [0.2, 0.25) is 0 Å². The normalized spacial score (nSPS) is 21.7. The molecule has 12 nitrogen and oxygen atoms in total. The summed E-state index contributed by atoms with van der Waals surface area (Å²) in [5, 5.41) is 3.25. The van der Waals surface area contributed by atoms with Crippen LogP contribution in [0, 0.1) is 0 Å². The fraction of sp³-hybridized carbons (Fsp3) is 0.333. The molecule has 0 aliphatic carbocycles. The van der Waals surface area contributed by atoms with E-state index in [0.717, 1.165) is 102 Å². The van der Waals surface area contributed by atoms with Crippen molar-refractivity contribution in [2.45, 2.75) is 62.7 Å². The Morgan fingerprint density at radius 2 is 1.20 bits per heavy atom. The van der Waals surface area contributed by atoms with Crippen molar-refractivity contribution in [3.63, 3.8) is 0 Å². The van der Waals surface area contributed by atoms with Gasteiger partial charge in [0.25, 0.3) is 5.91 Å². The summed E-state index contributed by atoms with van der Waals surface area (Å²) in [6.07, 6.45) is 12.7. The number of nitrogens with zero attached hydrogens (tertiary/aromatic N) is 8. The van der Waals surface area contributed by atoms with Crippen LogP contribution in [0.15, 0.2) is 97.8 Å². The lowest BCUT2D eigenvalue weighted by molar-refractivity contribution is -0.134. The number of H-pyrrole nitrogens is 2. The van der Waals surface area contributed by atoms with E-state index in [1.807, 2.05) is 60.9 Å². The zero-order valence-corrected chi connectivity index (χ0v) is 31.2. The third kappa shape index (κ3) is 6.25. The van der Waals surface area contributed by atoms with Crippen molar-refractivity contribution in [1.82, 2.24) is 39.7 Å². The topological polar surface area (TPSA) is 130 Å². The summed E-state index contributed by atoms with van der Waals surface area (Å²) in [6.45, 7) is 3.35. The predicted molar refractivity (Wildman–Crippen MR) is 215 cm³/mol. The largest absolute Gasteiger partial charge is 0.352 e. The van der Waals surface area contributed by atoms with Gasteiger partial charge in [-0.3, -0.25) is 9.59 Å². The highest BCUT2D eigenvalue weighted by molar-refractivity contribution is 7.20. The van der Waals surface area contributed by atoms with E-state index in [9.17, 15) is 9.59 Å². The van der Waals surface area contributed by atoms with Crippen LogP contribution in [0.5, 0.6) is 0 Å². The highest BCUT2D eigenvalue weighted by Crippen LogP contribution is 2.37. The second kappa shape index (κ2) is 14.1. The van der Waals surface area contributed by atoms with Gasteiger partial charge in [0.05, 0.1) is 27.7 Å². The number of amides is 2. The molecule has 4 bridgehead atoms. The minimum absolute atomic E-state index is 0.183. The smallest absolute Gasteiger partial charge is 0.264 e. The summed E-state index contributed by atoms with van der Waals surface area (Å²) in [5.74, 6) is 2.43. The molecular formula is C42H42N10O2S. The molecule has 13 heteroatoms. The number of rotatable bonds is 6. The summed E-state index contributed by atoms with van der Waals surface area (Å²) in [6, 6.07) is 25.6. The van der Waals surface area contributed by atoms with E-state index in [1.54, 1.807) is 24.0 Å². The van der Waals surface area contributed by atoms with E-state index >= 15 is 0 Å². The summed E-state index contributed by atoms with van der Waals surface area (Å²) in [4.78, 5) is 60.0. The van der Waals surface area contributed by atoms with Gasteiger partial charge in [-0.1, -0.05) is 48.5 Å². The van der Waals surface area contributed by atoms with Crippen LogP contribution in [0.1, 0.15) is 47.3 Å². The average molecular weight is 751 g/mol. The van der Waals surface area contributed by atoms with Crippen LogP contribution in [0.25, 0.3) is 32.2 Å². The molecule has 2 N–H and O–H groups in total. The molecule has 4 aliphatic rings. The minimum atomic E-state index is 0.183. The molecule has 9 heterocycles. The van der Waals surface area contributed by atoms with Crippen molar-refractivity contribution in [1.29, 1.82) is 0 Å². The molecule has 11 rings (SSSR count). The summed E-state index contributed by atoms with van der Waals surface area (Å²) in [7, 11) is 0. The second-order valence-electron chi connectivity index (χ2n) is 15.1. The van der Waals surface area contributed by atoms with Crippen LogP contribution in [-0.4, -0.2) is 102 Å². The van der Waals surface area contributed by atoms with Gasteiger partial charge in [0.2, 0.25) is 5.91 Å². The van der Waals surface area contributed by atoms with Gasteiger partial charge in [-0.2, -0.15) is 0 Å². The molecule has 0 radical (unpaired) electrons. The first-order valence-corrected chi connectivity index (χ1v) is 20.1. The average Bonchev–Trinajstić information content (AvgIpc) is 4.07. The number of nitrogens with one attached hydrogen (secondary N) is 2. The number of aromatic nitrogens is 6. The van der Waals surface area contributed by atoms with Crippen molar-refractivity contribution in [2.24, 2.45) is 0 Å². The van der Waals surface area contributed by atoms with Gasteiger partial charge >= 0.3 is 0 Å². The fourth-order valence-electron chi connectivity index (χ4n) is 9.35. The number of aryl methyl sites for hydroxylation is 1. The molecule has 0 spiro atoms. The molecule has 4 aliphatic heterocycles. The van der Waals surface area contributed by atoms with Gasteiger partial charge in [0.1, 0.15) is 35.6 Å². The lowest BCUT2D eigenvalue weighted by Crippen LogP contribution is -2.56. The highest BCUT2D eigenvalue weighted by atomic mass is 32.1. The van der Waals surface area contributed by atoms with Crippen LogP contribution < -0.4 is 9.80 Å². The molecule has 0 saturated carbocycles. The minimum Gasteiger partial charge on any atom is -0.352 e. The van der Waals surface area contributed by atoms with Crippen molar-refractivity contribution < 1.29 is 9.59 Å². The molecule has 5 aromatic heterocycles. The van der Waals surface area contributed by atoms with Crippen molar-refractivity contribution >= 4 is 66.9 Å². The van der Waals surface area contributed by atoms with Crippen molar-refractivity contribution in [3.8, 4) is 0 Å². The van der Waals surface area contributed by atoms with Crippen molar-refractivity contribution in [2.75, 3.05) is 36.0 Å². The van der Waals surface area contributed by atoms with Gasteiger partial charge in [-0.25, -0.2) is 19.9 Å². The summed E-state index contributed by atoms with van der Waals surface area (Å²) < 4.78 is 1.17. The zero-order chi connectivity index (χ0) is 36.9. The Bertz CT molecular complexity index is 2430. The molecule has 4 saturated heterocycles. The van der Waals surface area contributed by atoms with E-state index in [1.165, 1.54) is 10.3 Å². The van der Waals surface area contributed by atoms with Crippen molar-refractivity contribution in [3.05, 3.63) is 108 Å². The first-order chi connectivity index (χ1) is 27.1. The summed E-state index contributed by atoms with van der Waals surface area (Å²) in [5.41, 5.74) is 2.96. The van der Waals surface area contributed by atoms with Gasteiger partial charge in [-0.05, 0) is 67.3 Å².